The van der Waals surface area contributed by atoms with E-state index in [0.717, 1.165) is 0 Å². The third-order valence-corrected chi connectivity index (χ3v) is 3.52. The molecule has 1 amide bonds. The normalized spacial score (nSPS) is 11.9. The number of carbonyl (C=O) groups excluding carboxylic acids is 1. The SMILES string of the molecule is Cn1ccnc1C(NC(=O)c1ccc(=O)[nH]n1)c1ccccc1F. The Morgan fingerprint density at radius 3 is 2.71 bits per heavy atom. The molecule has 0 saturated carbocycles. The van der Waals surface area contributed by atoms with Crippen molar-refractivity contribution in [2.24, 2.45) is 7.05 Å². The molecule has 2 N–H and O–H groups in total. The van der Waals surface area contributed by atoms with Crippen LogP contribution < -0.4 is 10.9 Å². The molecule has 0 saturated heterocycles. The van der Waals surface area contributed by atoms with Gasteiger partial charge in [-0.15, -0.1) is 0 Å². The van der Waals surface area contributed by atoms with Gasteiger partial charge in [-0.05, 0) is 12.1 Å². The zero-order valence-corrected chi connectivity index (χ0v) is 12.7. The second kappa shape index (κ2) is 6.45. The number of aromatic amines is 1. The standard InChI is InChI=1S/C16H14FN5O2/c1-22-9-8-18-15(22)14(10-4-2-3-5-11(10)17)19-16(24)12-6-7-13(23)21-20-12/h2-9,14H,1H3,(H,19,24)(H,21,23). The van der Waals surface area contributed by atoms with Crippen molar-refractivity contribution in [1.82, 2.24) is 25.1 Å². The summed E-state index contributed by atoms with van der Waals surface area (Å²) in [6, 6.07) is 7.84. The lowest BCUT2D eigenvalue weighted by molar-refractivity contribution is 0.0934. The molecule has 1 unspecified atom stereocenters. The summed E-state index contributed by atoms with van der Waals surface area (Å²) in [5.41, 5.74) is -0.115. The molecule has 0 spiro atoms. The molecule has 0 bridgehead atoms. The predicted molar refractivity (Wildman–Crippen MR) is 83.8 cm³/mol. The number of aryl methyl sites for hydroxylation is 1. The van der Waals surface area contributed by atoms with Crippen LogP contribution in [0.15, 0.2) is 53.6 Å². The number of halogens is 1. The topological polar surface area (TPSA) is 92.7 Å². The summed E-state index contributed by atoms with van der Waals surface area (Å²) >= 11 is 0. The zero-order valence-electron chi connectivity index (χ0n) is 12.7. The third kappa shape index (κ3) is 3.07. The summed E-state index contributed by atoms with van der Waals surface area (Å²) in [7, 11) is 1.75. The number of aromatic nitrogens is 4. The van der Waals surface area contributed by atoms with E-state index in [-0.39, 0.29) is 11.3 Å². The van der Waals surface area contributed by atoms with E-state index in [1.807, 2.05) is 0 Å². The summed E-state index contributed by atoms with van der Waals surface area (Å²) in [5.74, 6) is -0.541. The molecule has 1 atom stereocenters. The van der Waals surface area contributed by atoms with Gasteiger partial charge in [0, 0.05) is 31.1 Å². The number of hydrogen-bond acceptors (Lipinski definition) is 4. The van der Waals surface area contributed by atoms with E-state index in [9.17, 15) is 14.0 Å². The molecule has 0 fully saturated rings. The van der Waals surface area contributed by atoms with Crippen molar-refractivity contribution in [3.8, 4) is 0 Å². The quantitative estimate of drug-likeness (QED) is 0.752. The van der Waals surface area contributed by atoms with E-state index in [1.165, 1.54) is 18.2 Å². The molecule has 2 aromatic heterocycles. The highest BCUT2D eigenvalue weighted by molar-refractivity contribution is 5.92. The lowest BCUT2D eigenvalue weighted by Crippen LogP contribution is -2.32. The van der Waals surface area contributed by atoms with Crippen LogP contribution in [0.25, 0.3) is 0 Å². The van der Waals surface area contributed by atoms with Crippen molar-refractivity contribution in [2.45, 2.75) is 6.04 Å². The van der Waals surface area contributed by atoms with E-state index in [0.29, 0.717) is 5.82 Å². The Hall–Kier alpha value is -3.29. The minimum atomic E-state index is -0.799. The minimum absolute atomic E-state index is 0.0187. The summed E-state index contributed by atoms with van der Waals surface area (Å²) in [4.78, 5) is 27.7. The fourth-order valence-corrected chi connectivity index (χ4v) is 2.32. The summed E-state index contributed by atoms with van der Waals surface area (Å²) in [6.07, 6.45) is 3.27. The van der Waals surface area contributed by atoms with Gasteiger partial charge in [0.25, 0.3) is 11.5 Å². The summed E-state index contributed by atoms with van der Waals surface area (Å²) in [5, 5.41) is 8.58. The van der Waals surface area contributed by atoms with Gasteiger partial charge in [-0.3, -0.25) is 9.59 Å². The maximum Gasteiger partial charge on any atom is 0.272 e. The Morgan fingerprint density at radius 1 is 1.29 bits per heavy atom. The minimum Gasteiger partial charge on any atom is -0.336 e. The number of imidazole rings is 1. The Morgan fingerprint density at radius 2 is 2.08 bits per heavy atom. The van der Waals surface area contributed by atoms with Gasteiger partial charge in [0.15, 0.2) is 0 Å². The smallest absolute Gasteiger partial charge is 0.272 e. The van der Waals surface area contributed by atoms with Crippen molar-refractivity contribution < 1.29 is 9.18 Å². The first kappa shape index (κ1) is 15.6. The van der Waals surface area contributed by atoms with Crippen molar-refractivity contribution in [1.29, 1.82) is 0 Å². The second-order valence-electron chi connectivity index (χ2n) is 5.13. The number of amides is 1. The van der Waals surface area contributed by atoms with E-state index in [1.54, 1.807) is 42.2 Å². The fraction of sp³-hybridized carbons (Fsp3) is 0.125. The Balaban J connectivity index is 1.98. The third-order valence-electron chi connectivity index (χ3n) is 3.52. The number of benzene rings is 1. The first-order valence-corrected chi connectivity index (χ1v) is 7.14. The number of carbonyl (C=O) groups is 1. The number of H-pyrrole nitrogens is 1. The molecule has 8 heteroatoms. The maximum absolute atomic E-state index is 14.2. The van der Waals surface area contributed by atoms with Gasteiger partial charge in [-0.1, -0.05) is 18.2 Å². The highest BCUT2D eigenvalue weighted by atomic mass is 19.1. The Kier molecular flexibility index (Phi) is 4.19. The van der Waals surface area contributed by atoms with Gasteiger partial charge in [-0.25, -0.2) is 14.5 Å². The number of hydrogen-bond donors (Lipinski definition) is 2. The van der Waals surface area contributed by atoms with Crippen molar-refractivity contribution >= 4 is 5.91 Å². The fourth-order valence-electron chi connectivity index (χ4n) is 2.32. The first-order chi connectivity index (χ1) is 11.6. The molecule has 122 valence electrons. The van der Waals surface area contributed by atoms with Gasteiger partial charge in [0.05, 0.1) is 0 Å². The van der Waals surface area contributed by atoms with Crippen LogP contribution in [0.4, 0.5) is 4.39 Å². The molecule has 24 heavy (non-hydrogen) atoms. The maximum atomic E-state index is 14.2. The number of rotatable bonds is 4. The molecule has 0 aliphatic carbocycles. The van der Waals surface area contributed by atoms with Crippen molar-refractivity contribution in [3.63, 3.8) is 0 Å². The van der Waals surface area contributed by atoms with Gasteiger partial charge in [-0.2, -0.15) is 5.10 Å². The average Bonchev–Trinajstić information content (AvgIpc) is 3.00. The number of nitrogens with zero attached hydrogens (tertiary/aromatic N) is 3. The molecule has 1 aromatic carbocycles. The summed E-state index contributed by atoms with van der Waals surface area (Å²) < 4.78 is 15.9. The molecule has 0 aliphatic rings. The van der Waals surface area contributed by atoms with Crippen LogP contribution in [-0.2, 0) is 7.05 Å². The van der Waals surface area contributed by atoms with E-state index >= 15 is 0 Å². The van der Waals surface area contributed by atoms with E-state index in [4.69, 9.17) is 0 Å². The summed E-state index contributed by atoms with van der Waals surface area (Å²) in [6.45, 7) is 0. The van der Waals surface area contributed by atoms with Crippen LogP contribution >= 0.6 is 0 Å². The van der Waals surface area contributed by atoms with Crippen LogP contribution in [-0.4, -0.2) is 25.7 Å². The monoisotopic (exact) mass is 327 g/mol. The van der Waals surface area contributed by atoms with Crippen LogP contribution in [0.3, 0.4) is 0 Å². The van der Waals surface area contributed by atoms with Crippen molar-refractivity contribution in [2.75, 3.05) is 0 Å². The van der Waals surface area contributed by atoms with Gasteiger partial charge < -0.3 is 9.88 Å². The molecule has 3 aromatic rings. The lowest BCUT2D eigenvalue weighted by atomic mass is 10.1. The molecule has 7 nitrogen and oxygen atoms in total. The van der Waals surface area contributed by atoms with E-state index < -0.39 is 23.3 Å². The predicted octanol–water partition coefficient (Wildman–Crippen LogP) is 1.16. The molecule has 3 rings (SSSR count). The van der Waals surface area contributed by atoms with Crippen LogP contribution in [0.5, 0.6) is 0 Å². The van der Waals surface area contributed by atoms with Crippen LogP contribution in [0.1, 0.15) is 27.9 Å². The average molecular weight is 327 g/mol. The molecule has 0 aliphatic heterocycles. The largest absolute Gasteiger partial charge is 0.336 e. The van der Waals surface area contributed by atoms with Gasteiger partial charge >= 0.3 is 0 Å². The van der Waals surface area contributed by atoms with Crippen LogP contribution in [0.2, 0.25) is 0 Å². The van der Waals surface area contributed by atoms with Crippen LogP contribution in [0, 0.1) is 5.82 Å². The van der Waals surface area contributed by atoms with Crippen molar-refractivity contribution in [3.05, 3.63) is 82.0 Å². The highest BCUT2D eigenvalue weighted by Crippen LogP contribution is 2.23. The lowest BCUT2D eigenvalue weighted by Gasteiger charge is -2.19. The molecular formula is C16H14FN5O2. The first-order valence-electron chi connectivity index (χ1n) is 7.14. The van der Waals surface area contributed by atoms with Gasteiger partial charge in [0.2, 0.25) is 0 Å². The van der Waals surface area contributed by atoms with E-state index in [2.05, 4.69) is 20.5 Å². The Bertz CT molecular complexity index is 913. The molecule has 2 heterocycles. The molecule has 0 radical (unpaired) electrons. The number of nitrogens with one attached hydrogen (secondary N) is 2. The Labute approximate surface area is 136 Å². The second-order valence-corrected chi connectivity index (χ2v) is 5.13. The highest BCUT2D eigenvalue weighted by Gasteiger charge is 2.24. The zero-order chi connectivity index (χ0) is 17.1. The molecular weight excluding hydrogens is 313 g/mol. The van der Waals surface area contributed by atoms with Gasteiger partial charge in [0.1, 0.15) is 23.4 Å².